The molecule has 0 spiro atoms. The highest BCUT2D eigenvalue weighted by molar-refractivity contribution is 14.1. The van der Waals surface area contributed by atoms with Gasteiger partial charge in [0.2, 0.25) is 0 Å². The lowest BCUT2D eigenvalue weighted by Gasteiger charge is -1.90. The van der Waals surface area contributed by atoms with Crippen LogP contribution in [0.1, 0.15) is 0 Å². The fraction of sp³-hybridized carbons (Fsp3) is 0. The van der Waals surface area contributed by atoms with Crippen molar-refractivity contribution in [2.24, 2.45) is 0 Å². The van der Waals surface area contributed by atoms with Crippen LogP contribution in [0, 0.1) is 6.45 Å². The van der Waals surface area contributed by atoms with E-state index in [2.05, 4.69) is 51.2 Å². The van der Waals surface area contributed by atoms with Crippen molar-refractivity contribution in [1.29, 1.82) is 0 Å². The number of halogens is 3. The molecule has 0 aliphatic heterocycles. The number of hydrogen-bond acceptors (Lipinski definition) is 1. The molecule has 1 heterocycles. The molecule has 0 nitrogen and oxygen atoms in total. The van der Waals surface area contributed by atoms with E-state index in [0.29, 0.717) is 0 Å². The van der Waals surface area contributed by atoms with E-state index in [1.54, 1.807) is 11.3 Å². The van der Waals surface area contributed by atoms with E-state index in [9.17, 15) is 0 Å². The largest absolute Gasteiger partial charge is 0.128 e. The SMILES string of the molecule is Clc1ccc2c(I)c(I)sc2c1. The summed E-state index contributed by atoms with van der Waals surface area (Å²) in [4.78, 5) is 0. The van der Waals surface area contributed by atoms with Gasteiger partial charge in [-0.2, -0.15) is 0 Å². The Balaban J connectivity index is 2.87. The Bertz CT molecular complexity index is 436. The summed E-state index contributed by atoms with van der Waals surface area (Å²) in [7, 11) is 0. The van der Waals surface area contributed by atoms with E-state index < -0.39 is 0 Å². The maximum atomic E-state index is 5.88. The average Bonchev–Trinajstić information content (AvgIpc) is 2.28. The molecule has 0 aliphatic carbocycles. The Hall–Kier alpha value is 0.930. The van der Waals surface area contributed by atoms with Crippen LogP contribution in [0.3, 0.4) is 0 Å². The standard InChI is InChI=1S/C8H3ClI2S/c9-4-1-2-5-6(3-4)12-8(11)7(5)10/h1-3H. The molecule has 0 fully saturated rings. The van der Waals surface area contributed by atoms with E-state index in [1.807, 2.05) is 12.1 Å². The van der Waals surface area contributed by atoms with Crippen molar-refractivity contribution in [3.8, 4) is 0 Å². The highest BCUT2D eigenvalue weighted by Crippen LogP contribution is 2.34. The van der Waals surface area contributed by atoms with Crippen molar-refractivity contribution in [2.45, 2.75) is 0 Å². The normalized spacial score (nSPS) is 10.9. The topological polar surface area (TPSA) is 0 Å². The van der Waals surface area contributed by atoms with Gasteiger partial charge in [0.05, 0.1) is 2.88 Å². The van der Waals surface area contributed by atoms with Crippen LogP contribution in [-0.4, -0.2) is 0 Å². The first-order valence-electron chi connectivity index (χ1n) is 3.21. The van der Waals surface area contributed by atoms with Gasteiger partial charge in [0.25, 0.3) is 0 Å². The van der Waals surface area contributed by atoms with Crippen molar-refractivity contribution in [3.05, 3.63) is 29.7 Å². The monoisotopic (exact) mass is 420 g/mol. The van der Waals surface area contributed by atoms with Gasteiger partial charge in [0.15, 0.2) is 0 Å². The van der Waals surface area contributed by atoms with Crippen LogP contribution in [0.2, 0.25) is 5.02 Å². The van der Waals surface area contributed by atoms with E-state index in [-0.39, 0.29) is 0 Å². The van der Waals surface area contributed by atoms with Gasteiger partial charge in [-0.05, 0) is 57.3 Å². The van der Waals surface area contributed by atoms with Gasteiger partial charge < -0.3 is 0 Å². The van der Waals surface area contributed by atoms with Crippen LogP contribution in [0.5, 0.6) is 0 Å². The second kappa shape index (κ2) is 3.59. The number of benzene rings is 1. The molecule has 2 rings (SSSR count). The molecule has 1 aromatic heterocycles. The first-order valence-corrected chi connectivity index (χ1v) is 6.57. The van der Waals surface area contributed by atoms with Gasteiger partial charge in [-0.3, -0.25) is 0 Å². The Morgan fingerprint density at radius 1 is 1.25 bits per heavy atom. The van der Waals surface area contributed by atoms with Gasteiger partial charge in [-0.1, -0.05) is 17.7 Å². The predicted octanol–water partition coefficient (Wildman–Crippen LogP) is 4.76. The minimum atomic E-state index is 0.816. The molecule has 0 bridgehead atoms. The van der Waals surface area contributed by atoms with Crippen molar-refractivity contribution in [1.82, 2.24) is 0 Å². The first-order chi connectivity index (χ1) is 5.68. The van der Waals surface area contributed by atoms with Crippen molar-refractivity contribution in [3.63, 3.8) is 0 Å². The molecule has 4 heteroatoms. The molecule has 0 saturated carbocycles. The molecular weight excluding hydrogens is 417 g/mol. The zero-order chi connectivity index (χ0) is 8.72. The predicted molar refractivity (Wildman–Crippen MR) is 72.3 cm³/mol. The maximum Gasteiger partial charge on any atom is 0.0799 e. The fourth-order valence-electron chi connectivity index (χ4n) is 1.01. The second-order valence-corrected chi connectivity index (χ2v) is 6.71. The molecule has 12 heavy (non-hydrogen) atoms. The molecule has 0 saturated heterocycles. The van der Waals surface area contributed by atoms with E-state index in [1.165, 1.54) is 16.5 Å². The maximum absolute atomic E-state index is 5.88. The summed E-state index contributed by atoms with van der Waals surface area (Å²) in [6.07, 6.45) is 0. The van der Waals surface area contributed by atoms with Crippen LogP contribution in [0.15, 0.2) is 18.2 Å². The van der Waals surface area contributed by atoms with Crippen molar-refractivity contribution < 1.29 is 0 Å². The number of rotatable bonds is 0. The molecule has 0 amide bonds. The van der Waals surface area contributed by atoms with Crippen LogP contribution < -0.4 is 0 Å². The van der Waals surface area contributed by atoms with Crippen LogP contribution in [-0.2, 0) is 0 Å². The zero-order valence-electron chi connectivity index (χ0n) is 5.77. The minimum Gasteiger partial charge on any atom is -0.128 e. The summed E-state index contributed by atoms with van der Waals surface area (Å²) >= 11 is 12.4. The zero-order valence-corrected chi connectivity index (χ0v) is 11.7. The van der Waals surface area contributed by atoms with E-state index >= 15 is 0 Å². The van der Waals surface area contributed by atoms with E-state index in [0.717, 1.165) is 5.02 Å². The van der Waals surface area contributed by atoms with Crippen molar-refractivity contribution >= 4 is 78.2 Å². The van der Waals surface area contributed by atoms with Crippen molar-refractivity contribution in [2.75, 3.05) is 0 Å². The van der Waals surface area contributed by atoms with Gasteiger partial charge >= 0.3 is 0 Å². The molecule has 0 N–H and O–H groups in total. The summed E-state index contributed by atoms with van der Waals surface area (Å²) in [5.41, 5.74) is 0. The Morgan fingerprint density at radius 2 is 2.00 bits per heavy atom. The second-order valence-electron chi connectivity index (χ2n) is 2.33. The number of fused-ring (bicyclic) bond motifs is 1. The quantitative estimate of drug-likeness (QED) is 0.539. The highest BCUT2D eigenvalue weighted by Gasteiger charge is 2.06. The summed E-state index contributed by atoms with van der Waals surface area (Å²) in [5, 5.41) is 2.13. The minimum absolute atomic E-state index is 0.816. The molecule has 2 aromatic rings. The molecule has 0 radical (unpaired) electrons. The molecular formula is C8H3ClI2S. The third-order valence-corrected chi connectivity index (χ3v) is 6.45. The first kappa shape index (κ1) is 9.48. The summed E-state index contributed by atoms with van der Waals surface area (Å²) in [5.74, 6) is 0. The van der Waals surface area contributed by atoms with Gasteiger partial charge in [-0.25, -0.2) is 0 Å². The average molecular weight is 420 g/mol. The third-order valence-electron chi connectivity index (χ3n) is 1.55. The lowest BCUT2D eigenvalue weighted by molar-refractivity contribution is 1.81. The Labute approximate surface area is 107 Å². The van der Waals surface area contributed by atoms with Gasteiger partial charge in [0.1, 0.15) is 0 Å². The Kier molecular flexibility index (Phi) is 2.84. The third kappa shape index (κ3) is 1.60. The molecule has 0 aliphatic rings. The van der Waals surface area contributed by atoms with Gasteiger partial charge in [0, 0.05) is 18.7 Å². The smallest absolute Gasteiger partial charge is 0.0799 e. The van der Waals surface area contributed by atoms with E-state index in [4.69, 9.17) is 11.6 Å². The molecule has 0 unspecified atom stereocenters. The fourth-order valence-corrected chi connectivity index (χ4v) is 4.09. The van der Waals surface area contributed by atoms with Crippen LogP contribution in [0.4, 0.5) is 0 Å². The highest BCUT2D eigenvalue weighted by atomic mass is 127. The van der Waals surface area contributed by atoms with Gasteiger partial charge in [-0.15, -0.1) is 11.3 Å². The number of hydrogen-bond donors (Lipinski definition) is 0. The number of thiophene rings is 1. The van der Waals surface area contributed by atoms with Crippen LogP contribution >= 0.6 is 68.1 Å². The lowest BCUT2D eigenvalue weighted by atomic mass is 10.3. The summed E-state index contributed by atoms with van der Waals surface area (Å²) in [6, 6.07) is 6.04. The molecule has 62 valence electrons. The molecule has 1 aromatic carbocycles. The Morgan fingerprint density at radius 3 is 2.75 bits per heavy atom. The summed E-state index contributed by atoms with van der Waals surface area (Å²) in [6.45, 7) is 0. The van der Waals surface area contributed by atoms with Crippen LogP contribution in [0.25, 0.3) is 10.1 Å². The lowest BCUT2D eigenvalue weighted by Crippen LogP contribution is -1.68. The summed E-state index contributed by atoms with van der Waals surface area (Å²) < 4.78 is 3.95. The molecule has 0 atom stereocenters.